The molecule has 188 valence electrons. The van der Waals surface area contributed by atoms with Crippen LogP contribution in [0.1, 0.15) is 87.2 Å². The summed E-state index contributed by atoms with van der Waals surface area (Å²) in [6.07, 6.45) is 7.54. The molecule has 1 aromatic rings. The van der Waals surface area contributed by atoms with E-state index < -0.39 is 5.97 Å². The van der Waals surface area contributed by atoms with Gasteiger partial charge >= 0.3 is 5.97 Å². The van der Waals surface area contributed by atoms with Gasteiger partial charge in [0, 0.05) is 23.1 Å². The molecule has 1 heterocycles. The molecule has 1 fully saturated rings. The maximum absolute atomic E-state index is 13.9. The van der Waals surface area contributed by atoms with Crippen molar-refractivity contribution >= 4 is 28.9 Å². The van der Waals surface area contributed by atoms with Crippen molar-refractivity contribution < 1.29 is 19.5 Å². The van der Waals surface area contributed by atoms with Gasteiger partial charge in [-0.15, -0.1) is 11.3 Å². The fourth-order valence-corrected chi connectivity index (χ4v) is 5.37. The normalized spacial score (nSPS) is 22.3. The first-order chi connectivity index (χ1) is 16.6. The van der Waals surface area contributed by atoms with Crippen LogP contribution < -0.4 is 10.4 Å². The van der Waals surface area contributed by atoms with Crippen molar-refractivity contribution in [3.63, 3.8) is 0 Å². The minimum Gasteiger partial charge on any atom is -0.477 e. The number of rotatable bonds is 7. The Hall–Kier alpha value is -2.81. The molecule has 8 heteroatoms. The number of carboxylic acid groups (broad SMARTS) is 1. The number of carbonyl (C=O) groups is 2. The van der Waals surface area contributed by atoms with E-state index in [9.17, 15) is 14.7 Å². The van der Waals surface area contributed by atoms with Crippen LogP contribution in [0.2, 0.25) is 0 Å². The van der Waals surface area contributed by atoms with Gasteiger partial charge in [0.2, 0.25) is 5.91 Å². The van der Waals surface area contributed by atoms with Crippen LogP contribution in [0.4, 0.5) is 5.69 Å². The number of anilines is 1. The molecule has 0 saturated heterocycles. The van der Waals surface area contributed by atoms with Crippen molar-refractivity contribution in [1.82, 2.24) is 5.48 Å². The van der Waals surface area contributed by atoms with E-state index >= 15 is 0 Å². The minimum absolute atomic E-state index is 0.0167. The van der Waals surface area contributed by atoms with Gasteiger partial charge < -0.3 is 10.0 Å². The molecule has 1 saturated carbocycles. The zero-order valence-electron chi connectivity index (χ0n) is 21.0. The van der Waals surface area contributed by atoms with Crippen molar-refractivity contribution in [2.75, 3.05) is 11.5 Å². The Balaban J connectivity index is 1.95. The highest BCUT2D eigenvalue weighted by molar-refractivity contribution is 7.15. The smallest absolute Gasteiger partial charge is 0.348 e. The Kier molecular flexibility index (Phi) is 8.99. The lowest BCUT2D eigenvalue weighted by Crippen LogP contribution is -2.46. The molecule has 0 aromatic carbocycles. The average molecular weight is 498 g/mol. The van der Waals surface area contributed by atoms with Gasteiger partial charge in [0.1, 0.15) is 4.88 Å². The molecule has 1 amide bonds. The summed E-state index contributed by atoms with van der Waals surface area (Å²) in [6.45, 7) is 8.18. The van der Waals surface area contributed by atoms with Crippen molar-refractivity contribution in [3.8, 4) is 17.9 Å². The summed E-state index contributed by atoms with van der Waals surface area (Å²) in [6, 6.07) is 3.55. The van der Waals surface area contributed by atoms with E-state index in [-0.39, 0.29) is 34.8 Å². The molecule has 0 spiro atoms. The number of hydrogen-bond donors (Lipinski definition) is 2. The number of amides is 1. The van der Waals surface area contributed by atoms with Crippen LogP contribution in [-0.4, -0.2) is 29.6 Å². The van der Waals surface area contributed by atoms with Crippen molar-refractivity contribution in [2.45, 2.75) is 78.7 Å². The molecule has 0 radical (unpaired) electrons. The molecule has 3 rings (SSSR count). The Morgan fingerprint density at radius 1 is 1.26 bits per heavy atom. The summed E-state index contributed by atoms with van der Waals surface area (Å²) in [5.74, 6) is 5.79. The molecule has 0 aliphatic heterocycles. The SMILES string of the molecule is CC1CCC(C(=O)N(c2cc(C#CC(C)(C)C)sc2C(=O)O)[C@H]2CC=C(NOCC#N)CC2)CC1. The van der Waals surface area contributed by atoms with E-state index in [0.717, 1.165) is 42.7 Å². The van der Waals surface area contributed by atoms with Gasteiger partial charge in [0.05, 0.1) is 16.6 Å². The van der Waals surface area contributed by atoms with E-state index in [1.165, 1.54) is 0 Å². The zero-order chi connectivity index (χ0) is 25.6. The summed E-state index contributed by atoms with van der Waals surface area (Å²) in [4.78, 5) is 33.8. The molecule has 0 unspecified atom stereocenters. The molecule has 2 aliphatic rings. The van der Waals surface area contributed by atoms with Gasteiger partial charge in [-0.3, -0.25) is 15.1 Å². The number of thiophene rings is 1. The van der Waals surface area contributed by atoms with E-state index in [4.69, 9.17) is 10.1 Å². The quantitative estimate of drug-likeness (QED) is 0.294. The molecule has 1 atom stereocenters. The molecule has 7 nitrogen and oxygen atoms in total. The molecule has 2 aliphatic carbocycles. The summed E-state index contributed by atoms with van der Waals surface area (Å²) >= 11 is 1.13. The fourth-order valence-electron chi connectivity index (χ4n) is 4.53. The zero-order valence-corrected chi connectivity index (χ0v) is 21.8. The topological polar surface area (TPSA) is 103 Å². The van der Waals surface area contributed by atoms with Crippen LogP contribution in [0.15, 0.2) is 17.8 Å². The monoisotopic (exact) mass is 497 g/mol. The van der Waals surface area contributed by atoms with Gasteiger partial charge in [-0.25, -0.2) is 4.79 Å². The van der Waals surface area contributed by atoms with Crippen LogP contribution in [0.3, 0.4) is 0 Å². The van der Waals surface area contributed by atoms with E-state index in [1.54, 1.807) is 11.0 Å². The number of aromatic carboxylic acids is 1. The highest BCUT2D eigenvalue weighted by Gasteiger charge is 2.36. The highest BCUT2D eigenvalue weighted by Crippen LogP contribution is 2.38. The molecular weight excluding hydrogens is 462 g/mol. The van der Waals surface area contributed by atoms with Crippen LogP contribution in [0.5, 0.6) is 0 Å². The van der Waals surface area contributed by atoms with Crippen molar-refractivity contribution in [2.24, 2.45) is 17.3 Å². The second kappa shape index (κ2) is 11.7. The lowest BCUT2D eigenvalue weighted by molar-refractivity contribution is -0.124. The van der Waals surface area contributed by atoms with Gasteiger partial charge in [-0.1, -0.05) is 24.8 Å². The average Bonchev–Trinajstić information content (AvgIpc) is 3.23. The lowest BCUT2D eigenvalue weighted by atomic mass is 9.81. The second-order valence-electron chi connectivity index (χ2n) is 10.5. The number of nitrogens with one attached hydrogen (secondary N) is 1. The van der Waals surface area contributed by atoms with Crippen LogP contribution in [-0.2, 0) is 9.63 Å². The number of carboxylic acids is 1. The van der Waals surface area contributed by atoms with Gasteiger partial charge in [0.15, 0.2) is 6.61 Å². The summed E-state index contributed by atoms with van der Waals surface area (Å²) in [5, 5.41) is 18.7. The Labute approximate surface area is 212 Å². The van der Waals surface area contributed by atoms with Crippen molar-refractivity contribution in [3.05, 3.63) is 27.6 Å². The largest absolute Gasteiger partial charge is 0.477 e. The van der Waals surface area contributed by atoms with Gasteiger partial charge in [-0.2, -0.15) is 5.26 Å². The fraction of sp³-hybridized carbons (Fsp3) is 0.593. The lowest BCUT2D eigenvalue weighted by Gasteiger charge is -2.37. The number of nitrogens with zero attached hydrogens (tertiary/aromatic N) is 2. The first-order valence-corrected chi connectivity index (χ1v) is 13.1. The van der Waals surface area contributed by atoms with Crippen LogP contribution in [0.25, 0.3) is 0 Å². The number of hydroxylamine groups is 1. The Morgan fingerprint density at radius 3 is 2.54 bits per heavy atom. The second-order valence-corrected chi connectivity index (χ2v) is 11.6. The summed E-state index contributed by atoms with van der Waals surface area (Å²) in [7, 11) is 0. The third kappa shape index (κ3) is 7.34. The predicted octanol–water partition coefficient (Wildman–Crippen LogP) is 5.48. The van der Waals surface area contributed by atoms with Crippen LogP contribution >= 0.6 is 11.3 Å². The predicted molar refractivity (Wildman–Crippen MR) is 137 cm³/mol. The molecule has 0 bridgehead atoms. The Bertz CT molecular complexity index is 1060. The number of carbonyl (C=O) groups excluding carboxylic acids is 1. The van der Waals surface area contributed by atoms with E-state index in [2.05, 4.69) is 24.2 Å². The van der Waals surface area contributed by atoms with Gasteiger partial charge in [0.25, 0.3) is 0 Å². The number of allylic oxidation sites excluding steroid dienone is 1. The first kappa shape index (κ1) is 26.8. The maximum Gasteiger partial charge on any atom is 0.348 e. The van der Waals surface area contributed by atoms with E-state index in [0.29, 0.717) is 35.7 Å². The standard InChI is InChI=1S/C27H35N3O4S/c1-18-5-7-19(8-6-18)25(31)30(21-11-9-20(10-12-21)29-34-16-15-28)23-17-22(13-14-27(2,3)4)35-24(23)26(32)33/h9,17-19,21,29H,5-8,10-12,16H2,1-4H3,(H,32,33)/t18?,19?,21-/m0/s1. The van der Waals surface area contributed by atoms with E-state index in [1.807, 2.05) is 32.9 Å². The van der Waals surface area contributed by atoms with Crippen LogP contribution in [0, 0.1) is 40.4 Å². The third-order valence-electron chi connectivity index (χ3n) is 6.42. The highest BCUT2D eigenvalue weighted by atomic mass is 32.1. The Morgan fingerprint density at radius 2 is 1.97 bits per heavy atom. The molecule has 35 heavy (non-hydrogen) atoms. The third-order valence-corrected chi connectivity index (χ3v) is 7.45. The van der Waals surface area contributed by atoms with Gasteiger partial charge in [-0.05, 0) is 77.7 Å². The molecule has 2 N–H and O–H groups in total. The molecular formula is C27H35N3O4S. The number of nitriles is 1. The first-order valence-electron chi connectivity index (χ1n) is 12.3. The summed E-state index contributed by atoms with van der Waals surface area (Å²) < 4.78 is 0. The molecule has 1 aromatic heterocycles. The number of hydrogen-bond acceptors (Lipinski definition) is 6. The van der Waals surface area contributed by atoms with Crippen molar-refractivity contribution in [1.29, 1.82) is 5.26 Å². The minimum atomic E-state index is -1.04. The maximum atomic E-state index is 13.9. The summed E-state index contributed by atoms with van der Waals surface area (Å²) in [5.41, 5.74) is 3.92.